The lowest BCUT2D eigenvalue weighted by Gasteiger charge is -2.28. The SMILES string of the molecule is CC1(C)c2ccccc2-c2ccc(N(c3ccc4c(c3)oc3ccccc34)c3cc(-c4ccccc4)c4c(c3)oc3cc5ccccc5cc34)cc21. The molecule has 2 heterocycles. The first kappa shape index (κ1) is 29.2. The molecule has 10 aromatic rings. The molecule has 0 fully saturated rings. The number of para-hydroxylation sites is 1. The Morgan fingerprint density at radius 1 is 0.404 bits per heavy atom. The van der Waals surface area contributed by atoms with Gasteiger partial charge in [-0.3, -0.25) is 0 Å². The number of hydrogen-bond donors (Lipinski definition) is 0. The maximum Gasteiger partial charge on any atom is 0.138 e. The highest BCUT2D eigenvalue weighted by molar-refractivity contribution is 6.17. The van der Waals surface area contributed by atoms with Crippen LogP contribution in [0.4, 0.5) is 17.1 Å². The molecule has 0 bridgehead atoms. The average Bonchev–Trinajstić information content (AvgIpc) is 3.81. The molecule has 0 atom stereocenters. The topological polar surface area (TPSA) is 29.5 Å². The van der Waals surface area contributed by atoms with E-state index in [1.54, 1.807) is 0 Å². The van der Waals surface area contributed by atoms with Gasteiger partial charge in [-0.05, 0) is 92.7 Å². The van der Waals surface area contributed by atoms with Gasteiger partial charge in [0.05, 0.1) is 5.69 Å². The van der Waals surface area contributed by atoms with Gasteiger partial charge in [0, 0.05) is 50.5 Å². The molecule has 0 saturated heterocycles. The Balaban J connectivity index is 1.20. The van der Waals surface area contributed by atoms with Crippen molar-refractivity contribution in [3.63, 3.8) is 0 Å². The minimum atomic E-state index is -0.143. The van der Waals surface area contributed by atoms with E-state index in [0.29, 0.717) is 0 Å². The van der Waals surface area contributed by atoms with Crippen molar-refractivity contribution in [2.24, 2.45) is 0 Å². The molecule has 1 aliphatic carbocycles. The Morgan fingerprint density at radius 2 is 1.04 bits per heavy atom. The van der Waals surface area contributed by atoms with Crippen LogP contribution in [-0.4, -0.2) is 0 Å². The molecule has 0 spiro atoms. The van der Waals surface area contributed by atoms with Crippen molar-refractivity contribution in [3.05, 3.63) is 175 Å². The first-order valence-electron chi connectivity index (χ1n) is 17.9. The Morgan fingerprint density at radius 3 is 1.92 bits per heavy atom. The predicted octanol–water partition coefficient (Wildman–Crippen LogP) is 14.1. The number of benzene rings is 8. The van der Waals surface area contributed by atoms with Crippen LogP contribution < -0.4 is 4.90 Å². The van der Waals surface area contributed by atoms with E-state index in [4.69, 9.17) is 8.83 Å². The number of anilines is 3. The Kier molecular flexibility index (Phi) is 6.01. The van der Waals surface area contributed by atoms with Crippen molar-refractivity contribution in [3.8, 4) is 22.3 Å². The summed E-state index contributed by atoms with van der Waals surface area (Å²) in [7, 11) is 0. The summed E-state index contributed by atoms with van der Waals surface area (Å²) in [5.74, 6) is 0. The molecule has 0 radical (unpaired) electrons. The predicted molar refractivity (Wildman–Crippen MR) is 216 cm³/mol. The van der Waals surface area contributed by atoms with Crippen LogP contribution in [0.3, 0.4) is 0 Å². The number of hydrogen-bond acceptors (Lipinski definition) is 3. The average molecular weight is 668 g/mol. The van der Waals surface area contributed by atoms with Crippen LogP contribution in [0.25, 0.3) is 76.9 Å². The summed E-state index contributed by atoms with van der Waals surface area (Å²) in [6.45, 7) is 4.67. The van der Waals surface area contributed by atoms with Crippen LogP contribution in [0.2, 0.25) is 0 Å². The van der Waals surface area contributed by atoms with Gasteiger partial charge in [-0.25, -0.2) is 0 Å². The zero-order chi connectivity index (χ0) is 34.6. The molecule has 52 heavy (non-hydrogen) atoms. The molecule has 0 aliphatic heterocycles. The number of rotatable bonds is 4. The standard InChI is InChI=1S/C49H33NO2/c1-49(2)42-18-10-8-16-36(42)37-22-20-33(27-43(37)49)50(34-21-23-39-38-17-9-11-19-44(38)51-46(39)28-34)35-26-40(30-12-4-3-5-13-30)48-41-24-31-14-6-7-15-32(31)25-45(41)52-47(48)29-35/h3-29H,1-2H3. The molecule has 0 N–H and O–H groups in total. The lowest BCUT2D eigenvalue weighted by Crippen LogP contribution is -2.16. The molecule has 8 aromatic carbocycles. The van der Waals surface area contributed by atoms with E-state index in [1.165, 1.54) is 27.6 Å². The fourth-order valence-electron chi connectivity index (χ4n) is 8.68. The van der Waals surface area contributed by atoms with Crippen molar-refractivity contribution >= 4 is 71.7 Å². The van der Waals surface area contributed by atoms with Crippen molar-refractivity contribution in [2.45, 2.75) is 19.3 Å². The summed E-state index contributed by atoms with van der Waals surface area (Å²) in [4.78, 5) is 2.36. The minimum Gasteiger partial charge on any atom is -0.456 e. The van der Waals surface area contributed by atoms with Crippen LogP contribution in [0, 0.1) is 0 Å². The summed E-state index contributed by atoms with van der Waals surface area (Å²) in [6.07, 6.45) is 0. The van der Waals surface area contributed by atoms with Crippen LogP contribution in [-0.2, 0) is 5.41 Å². The molecule has 2 aromatic heterocycles. The van der Waals surface area contributed by atoms with Crippen LogP contribution in [0.1, 0.15) is 25.0 Å². The molecule has 11 rings (SSSR count). The molecule has 0 unspecified atom stereocenters. The van der Waals surface area contributed by atoms with Gasteiger partial charge in [0.1, 0.15) is 22.3 Å². The molecule has 3 heteroatoms. The van der Waals surface area contributed by atoms with Crippen molar-refractivity contribution in [1.82, 2.24) is 0 Å². The van der Waals surface area contributed by atoms with Crippen LogP contribution >= 0.6 is 0 Å². The maximum atomic E-state index is 6.80. The van der Waals surface area contributed by atoms with E-state index in [1.807, 2.05) is 12.1 Å². The minimum absolute atomic E-state index is 0.143. The third kappa shape index (κ3) is 4.20. The molecule has 3 nitrogen and oxygen atoms in total. The quantitative estimate of drug-likeness (QED) is 0.187. The highest BCUT2D eigenvalue weighted by Gasteiger charge is 2.36. The van der Waals surface area contributed by atoms with Gasteiger partial charge in [-0.1, -0.05) is 117 Å². The van der Waals surface area contributed by atoms with E-state index in [0.717, 1.165) is 77.5 Å². The van der Waals surface area contributed by atoms with Gasteiger partial charge in [-0.15, -0.1) is 0 Å². The van der Waals surface area contributed by atoms with Crippen LogP contribution in [0.5, 0.6) is 0 Å². The van der Waals surface area contributed by atoms with Gasteiger partial charge in [0.15, 0.2) is 0 Å². The van der Waals surface area contributed by atoms with Gasteiger partial charge >= 0.3 is 0 Å². The monoisotopic (exact) mass is 667 g/mol. The fraction of sp³-hybridized carbons (Fsp3) is 0.0612. The normalized spacial score (nSPS) is 13.3. The molecule has 0 saturated carbocycles. The summed E-state index contributed by atoms with van der Waals surface area (Å²) in [5.41, 5.74) is 14.0. The van der Waals surface area contributed by atoms with E-state index in [-0.39, 0.29) is 5.41 Å². The molecular weight excluding hydrogens is 635 g/mol. The second-order valence-corrected chi connectivity index (χ2v) is 14.5. The second kappa shape index (κ2) is 10.7. The second-order valence-electron chi connectivity index (χ2n) is 14.5. The number of nitrogens with zero attached hydrogens (tertiary/aromatic N) is 1. The van der Waals surface area contributed by atoms with Gasteiger partial charge in [-0.2, -0.15) is 0 Å². The lowest BCUT2D eigenvalue weighted by atomic mass is 9.82. The van der Waals surface area contributed by atoms with E-state index in [9.17, 15) is 0 Å². The van der Waals surface area contributed by atoms with Crippen molar-refractivity contribution in [1.29, 1.82) is 0 Å². The first-order chi connectivity index (χ1) is 25.5. The molecular formula is C49H33NO2. The van der Waals surface area contributed by atoms with Gasteiger partial charge in [0.25, 0.3) is 0 Å². The fourth-order valence-corrected chi connectivity index (χ4v) is 8.68. The van der Waals surface area contributed by atoms with Gasteiger partial charge < -0.3 is 13.7 Å². The zero-order valence-corrected chi connectivity index (χ0v) is 28.9. The summed E-state index contributed by atoms with van der Waals surface area (Å²) < 4.78 is 13.3. The Labute approximate surface area is 301 Å². The Hall–Kier alpha value is -6.58. The summed E-state index contributed by atoms with van der Waals surface area (Å²) >= 11 is 0. The molecule has 246 valence electrons. The number of fused-ring (bicyclic) bond motifs is 10. The van der Waals surface area contributed by atoms with Crippen molar-refractivity contribution < 1.29 is 8.83 Å². The van der Waals surface area contributed by atoms with E-state index in [2.05, 4.69) is 170 Å². The van der Waals surface area contributed by atoms with Crippen molar-refractivity contribution in [2.75, 3.05) is 4.90 Å². The third-order valence-corrected chi connectivity index (χ3v) is 11.2. The highest BCUT2D eigenvalue weighted by atomic mass is 16.3. The Bertz CT molecular complexity index is 3050. The summed E-state index contributed by atoms with van der Waals surface area (Å²) in [6, 6.07) is 58.8. The lowest BCUT2D eigenvalue weighted by molar-refractivity contribution is 0.660. The first-order valence-corrected chi connectivity index (χ1v) is 17.9. The largest absolute Gasteiger partial charge is 0.456 e. The zero-order valence-electron chi connectivity index (χ0n) is 28.9. The van der Waals surface area contributed by atoms with Gasteiger partial charge in [0.2, 0.25) is 0 Å². The molecule has 0 amide bonds. The van der Waals surface area contributed by atoms with E-state index >= 15 is 0 Å². The molecule has 1 aliphatic rings. The third-order valence-electron chi connectivity index (χ3n) is 11.2. The number of furan rings is 2. The van der Waals surface area contributed by atoms with E-state index < -0.39 is 0 Å². The highest BCUT2D eigenvalue weighted by Crippen LogP contribution is 2.51. The summed E-state index contributed by atoms with van der Waals surface area (Å²) in [5, 5.41) is 6.83. The maximum absolute atomic E-state index is 6.80. The van der Waals surface area contributed by atoms with Crippen LogP contribution in [0.15, 0.2) is 173 Å². The smallest absolute Gasteiger partial charge is 0.138 e.